The zero-order chi connectivity index (χ0) is 15.6. The van der Waals surface area contributed by atoms with Crippen molar-refractivity contribution < 1.29 is 8.42 Å². The first kappa shape index (κ1) is 17.0. The zero-order valence-electron chi connectivity index (χ0n) is 12.1. The normalized spacial score (nSPS) is 23.5. The molecule has 0 amide bonds. The van der Waals surface area contributed by atoms with Gasteiger partial charge in [0.25, 0.3) is 0 Å². The highest BCUT2D eigenvalue weighted by Gasteiger charge is 2.31. The van der Waals surface area contributed by atoms with Gasteiger partial charge in [0.1, 0.15) is 0 Å². The quantitative estimate of drug-likeness (QED) is 0.907. The van der Waals surface area contributed by atoms with Crippen LogP contribution in [0.2, 0.25) is 10.0 Å². The van der Waals surface area contributed by atoms with Gasteiger partial charge in [0.05, 0.1) is 14.9 Å². The second kappa shape index (κ2) is 6.84. The molecule has 1 aromatic rings. The van der Waals surface area contributed by atoms with Gasteiger partial charge in [0, 0.05) is 19.1 Å². The van der Waals surface area contributed by atoms with Crippen molar-refractivity contribution in [3.8, 4) is 0 Å². The van der Waals surface area contributed by atoms with E-state index in [1.807, 2.05) is 7.05 Å². The molecule has 1 fully saturated rings. The second-order valence-electron chi connectivity index (χ2n) is 5.39. The van der Waals surface area contributed by atoms with Crippen LogP contribution in [0.15, 0.2) is 23.1 Å². The lowest BCUT2D eigenvalue weighted by atomic mass is 9.91. The third kappa shape index (κ3) is 3.71. The number of nitrogens with one attached hydrogen (secondary N) is 1. The summed E-state index contributed by atoms with van der Waals surface area (Å²) in [4.78, 5) is 0.190. The van der Waals surface area contributed by atoms with E-state index in [1.165, 1.54) is 22.5 Å². The molecular formula is C14H20Cl2N2O2S. The molecule has 0 aromatic heterocycles. The van der Waals surface area contributed by atoms with Crippen molar-refractivity contribution in [3.63, 3.8) is 0 Å². The summed E-state index contributed by atoms with van der Waals surface area (Å²) in [5.74, 6) is 0. The molecule has 0 unspecified atom stereocenters. The average molecular weight is 351 g/mol. The Bertz CT molecular complexity index is 599. The van der Waals surface area contributed by atoms with Crippen molar-refractivity contribution in [2.24, 2.45) is 0 Å². The Morgan fingerprint density at radius 3 is 2.29 bits per heavy atom. The highest BCUT2D eigenvalue weighted by molar-refractivity contribution is 7.89. The van der Waals surface area contributed by atoms with E-state index in [0.29, 0.717) is 11.1 Å². The topological polar surface area (TPSA) is 49.4 Å². The molecule has 1 aliphatic rings. The molecule has 7 heteroatoms. The van der Waals surface area contributed by atoms with Gasteiger partial charge in [0.15, 0.2) is 0 Å². The Morgan fingerprint density at radius 2 is 1.76 bits per heavy atom. The van der Waals surface area contributed by atoms with Gasteiger partial charge in [0.2, 0.25) is 10.0 Å². The average Bonchev–Trinajstić information content (AvgIpc) is 2.49. The molecule has 1 aromatic carbocycles. The molecule has 1 aliphatic carbocycles. The smallest absolute Gasteiger partial charge is 0.243 e. The predicted molar refractivity (Wildman–Crippen MR) is 86.5 cm³/mol. The SMILES string of the molecule is CNC1CCC(N(C)S(=O)(=O)c2ccc(Cl)c(Cl)c2)CC1. The van der Waals surface area contributed by atoms with Gasteiger partial charge in [-0.05, 0) is 50.9 Å². The molecule has 2 rings (SSSR count). The zero-order valence-corrected chi connectivity index (χ0v) is 14.5. The molecule has 0 bridgehead atoms. The Morgan fingerprint density at radius 1 is 1.14 bits per heavy atom. The first-order valence-electron chi connectivity index (χ1n) is 6.96. The largest absolute Gasteiger partial charge is 0.317 e. The second-order valence-corrected chi connectivity index (χ2v) is 8.20. The van der Waals surface area contributed by atoms with Crippen molar-refractivity contribution in [3.05, 3.63) is 28.2 Å². The Balaban J connectivity index is 2.17. The third-order valence-corrected chi connectivity index (χ3v) is 6.83. The maximum atomic E-state index is 12.7. The third-order valence-electron chi connectivity index (χ3n) is 4.19. The van der Waals surface area contributed by atoms with E-state index < -0.39 is 10.0 Å². The lowest BCUT2D eigenvalue weighted by molar-refractivity contribution is 0.255. The first-order valence-corrected chi connectivity index (χ1v) is 9.16. The minimum atomic E-state index is -3.53. The summed E-state index contributed by atoms with van der Waals surface area (Å²) in [5, 5.41) is 3.86. The molecule has 0 saturated heterocycles. The van der Waals surface area contributed by atoms with Crippen LogP contribution in [0, 0.1) is 0 Å². The highest BCUT2D eigenvalue weighted by atomic mass is 35.5. The summed E-state index contributed by atoms with van der Waals surface area (Å²) in [6.07, 6.45) is 3.70. The fourth-order valence-electron chi connectivity index (χ4n) is 2.73. The number of rotatable bonds is 4. The molecule has 0 radical (unpaired) electrons. The minimum Gasteiger partial charge on any atom is -0.317 e. The lowest BCUT2D eigenvalue weighted by Crippen LogP contribution is -2.42. The molecule has 4 nitrogen and oxygen atoms in total. The lowest BCUT2D eigenvalue weighted by Gasteiger charge is -2.33. The van der Waals surface area contributed by atoms with Gasteiger partial charge in [-0.3, -0.25) is 0 Å². The van der Waals surface area contributed by atoms with Crippen LogP contribution in [0.5, 0.6) is 0 Å². The van der Waals surface area contributed by atoms with E-state index in [4.69, 9.17) is 23.2 Å². The van der Waals surface area contributed by atoms with Gasteiger partial charge in [-0.2, -0.15) is 4.31 Å². The predicted octanol–water partition coefficient (Wildman–Crippen LogP) is 3.14. The van der Waals surface area contributed by atoms with Gasteiger partial charge in [-0.25, -0.2) is 8.42 Å². The van der Waals surface area contributed by atoms with Crippen molar-refractivity contribution in [1.82, 2.24) is 9.62 Å². The van der Waals surface area contributed by atoms with Gasteiger partial charge >= 0.3 is 0 Å². The van der Waals surface area contributed by atoms with Crippen LogP contribution in [0.3, 0.4) is 0 Å². The van der Waals surface area contributed by atoms with Crippen LogP contribution in [0.1, 0.15) is 25.7 Å². The molecule has 118 valence electrons. The molecular weight excluding hydrogens is 331 g/mol. The van der Waals surface area contributed by atoms with Crippen LogP contribution >= 0.6 is 23.2 Å². The minimum absolute atomic E-state index is 0.0362. The van der Waals surface area contributed by atoms with Crippen molar-refractivity contribution in [1.29, 1.82) is 0 Å². The summed E-state index contributed by atoms with van der Waals surface area (Å²) in [6, 6.07) is 4.95. The van der Waals surface area contributed by atoms with E-state index in [1.54, 1.807) is 7.05 Å². The maximum absolute atomic E-state index is 12.7. The van der Waals surface area contributed by atoms with Gasteiger partial charge < -0.3 is 5.32 Å². The van der Waals surface area contributed by atoms with E-state index >= 15 is 0 Å². The van der Waals surface area contributed by atoms with Crippen molar-refractivity contribution in [2.75, 3.05) is 14.1 Å². The molecule has 0 heterocycles. The molecule has 0 atom stereocenters. The molecule has 0 aliphatic heterocycles. The number of hydrogen-bond donors (Lipinski definition) is 1. The van der Waals surface area contributed by atoms with Crippen LogP contribution in [0.25, 0.3) is 0 Å². The molecule has 21 heavy (non-hydrogen) atoms. The number of sulfonamides is 1. The van der Waals surface area contributed by atoms with E-state index in [0.717, 1.165) is 25.7 Å². The van der Waals surface area contributed by atoms with E-state index in [2.05, 4.69) is 5.32 Å². The number of halogens is 2. The van der Waals surface area contributed by atoms with E-state index in [-0.39, 0.29) is 16.0 Å². The summed E-state index contributed by atoms with van der Waals surface area (Å²) >= 11 is 11.8. The summed E-state index contributed by atoms with van der Waals surface area (Å²) < 4.78 is 26.8. The van der Waals surface area contributed by atoms with E-state index in [9.17, 15) is 8.42 Å². The fourth-order valence-corrected chi connectivity index (χ4v) is 4.53. The van der Waals surface area contributed by atoms with Crippen molar-refractivity contribution >= 4 is 33.2 Å². The fraction of sp³-hybridized carbons (Fsp3) is 0.571. The van der Waals surface area contributed by atoms with Crippen LogP contribution in [-0.4, -0.2) is 38.9 Å². The monoisotopic (exact) mass is 350 g/mol. The molecule has 1 saturated carbocycles. The number of hydrogen-bond acceptors (Lipinski definition) is 3. The maximum Gasteiger partial charge on any atom is 0.243 e. The van der Waals surface area contributed by atoms with Crippen LogP contribution in [0.4, 0.5) is 0 Å². The Labute approximate surface area is 136 Å². The summed E-state index contributed by atoms with van der Waals surface area (Å²) in [7, 11) is 0.0544. The standard InChI is InChI=1S/C14H20Cl2N2O2S/c1-17-10-3-5-11(6-4-10)18(2)21(19,20)12-7-8-13(15)14(16)9-12/h7-11,17H,3-6H2,1-2H3. The number of nitrogens with zero attached hydrogens (tertiary/aromatic N) is 1. The van der Waals surface area contributed by atoms with Crippen LogP contribution in [-0.2, 0) is 10.0 Å². The molecule has 1 N–H and O–H groups in total. The van der Waals surface area contributed by atoms with Crippen molar-refractivity contribution in [2.45, 2.75) is 42.7 Å². The highest BCUT2D eigenvalue weighted by Crippen LogP contribution is 2.29. The van der Waals surface area contributed by atoms with Gasteiger partial charge in [-0.15, -0.1) is 0 Å². The summed E-state index contributed by atoms with van der Waals surface area (Å²) in [5.41, 5.74) is 0. The Hall–Kier alpha value is -0.330. The molecule has 0 spiro atoms. The first-order chi connectivity index (χ1) is 9.86. The summed E-state index contributed by atoms with van der Waals surface area (Å²) in [6.45, 7) is 0. The van der Waals surface area contributed by atoms with Crippen LogP contribution < -0.4 is 5.32 Å². The number of benzene rings is 1. The van der Waals surface area contributed by atoms with Gasteiger partial charge in [-0.1, -0.05) is 23.2 Å². The Kier molecular flexibility index (Phi) is 5.54.